The van der Waals surface area contributed by atoms with Gasteiger partial charge in [0.15, 0.2) is 5.78 Å². The van der Waals surface area contributed by atoms with Gasteiger partial charge in [0.05, 0.1) is 12.5 Å². The Morgan fingerprint density at radius 2 is 1.74 bits per heavy atom. The zero-order valence-corrected chi connectivity index (χ0v) is 20.1. The summed E-state index contributed by atoms with van der Waals surface area (Å²) in [6.45, 7) is 2.97. The van der Waals surface area contributed by atoms with Crippen molar-refractivity contribution in [3.63, 3.8) is 0 Å². The second-order valence-electron chi connectivity index (χ2n) is 7.62. The first-order chi connectivity index (χ1) is 14.9. The standard InChI is InChI=1S/C24H27Cl2NO3S/c1-3-31-24(21(28)5-4-14-30-2)15-22(29)27(16-17-6-10-19(25)11-7-17)23(24)18-8-12-20(26)13-9-18/h6-13,23H,3-5,14-16H2,1-2H3. The third-order valence-electron chi connectivity index (χ3n) is 5.57. The van der Waals surface area contributed by atoms with Crippen LogP contribution in [0.3, 0.4) is 0 Å². The second-order valence-corrected chi connectivity index (χ2v) is 10.1. The van der Waals surface area contributed by atoms with E-state index in [0.717, 1.165) is 16.9 Å². The van der Waals surface area contributed by atoms with Crippen molar-refractivity contribution in [1.29, 1.82) is 0 Å². The second kappa shape index (κ2) is 10.9. The minimum atomic E-state index is -0.834. The summed E-state index contributed by atoms with van der Waals surface area (Å²) in [4.78, 5) is 28.7. The third-order valence-corrected chi connectivity index (χ3v) is 7.47. The van der Waals surface area contributed by atoms with E-state index in [4.69, 9.17) is 27.9 Å². The van der Waals surface area contributed by atoms with Gasteiger partial charge in [-0.1, -0.05) is 54.4 Å². The van der Waals surface area contributed by atoms with E-state index in [2.05, 4.69) is 0 Å². The van der Waals surface area contributed by atoms with Crippen LogP contribution in [-0.4, -0.2) is 40.8 Å². The van der Waals surface area contributed by atoms with Crippen molar-refractivity contribution in [3.05, 3.63) is 69.7 Å². The molecule has 1 saturated heterocycles. The normalized spacial score (nSPS) is 21.0. The van der Waals surface area contributed by atoms with Crippen molar-refractivity contribution < 1.29 is 14.3 Å². The Morgan fingerprint density at radius 3 is 2.32 bits per heavy atom. The van der Waals surface area contributed by atoms with E-state index in [1.807, 2.05) is 60.4 Å². The number of hydrogen-bond acceptors (Lipinski definition) is 4. The molecule has 31 heavy (non-hydrogen) atoms. The van der Waals surface area contributed by atoms with Gasteiger partial charge in [-0.3, -0.25) is 9.59 Å². The SMILES string of the molecule is CCSC1(C(=O)CCCOC)CC(=O)N(Cc2ccc(Cl)cc2)C1c1ccc(Cl)cc1. The lowest BCUT2D eigenvalue weighted by molar-refractivity contribution is -0.129. The molecule has 7 heteroatoms. The number of halogens is 2. The lowest BCUT2D eigenvalue weighted by Gasteiger charge is -2.36. The molecule has 2 unspecified atom stereocenters. The molecule has 4 nitrogen and oxygen atoms in total. The molecule has 166 valence electrons. The first-order valence-electron chi connectivity index (χ1n) is 10.4. The number of methoxy groups -OCH3 is 1. The Balaban J connectivity index is 2.03. The summed E-state index contributed by atoms with van der Waals surface area (Å²) in [5.41, 5.74) is 1.89. The topological polar surface area (TPSA) is 46.6 Å². The average molecular weight is 480 g/mol. The number of hydrogen-bond donors (Lipinski definition) is 0. The molecule has 0 radical (unpaired) electrons. The predicted molar refractivity (Wildman–Crippen MR) is 128 cm³/mol. The molecule has 1 heterocycles. The minimum Gasteiger partial charge on any atom is -0.385 e. The van der Waals surface area contributed by atoms with E-state index in [9.17, 15) is 9.59 Å². The van der Waals surface area contributed by atoms with E-state index in [1.54, 1.807) is 18.9 Å². The van der Waals surface area contributed by atoms with Crippen LogP contribution in [0.5, 0.6) is 0 Å². The zero-order valence-electron chi connectivity index (χ0n) is 17.8. The molecular formula is C24H27Cl2NO3S. The van der Waals surface area contributed by atoms with Crippen LogP contribution in [0.25, 0.3) is 0 Å². The molecule has 2 aromatic carbocycles. The van der Waals surface area contributed by atoms with E-state index >= 15 is 0 Å². The first-order valence-corrected chi connectivity index (χ1v) is 12.1. The molecule has 0 saturated carbocycles. The maximum atomic E-state index is 13.6. The monoisotopic (exact) mass is 479 g/mol. The van der Waals surface area contributed by atoms with Crippen molar-refractivity contribution in [2.75, 3.05) is 19.5 Å². The highest BCUT2D eigenvalue weighted by atomic mass is 35.5. The molecule has 1 amide bonds. The summed E-state index contributed by atoms with van der Waals surface area (Å²) < 4.78 is 4.31. The van der Waals surface area contributed by atoms with Crippen LogP contribution in [0, 0.1) is 0 Å². The molecule has 0 N–H and O–H groups in total. The number of amides is 1. The number of likely N-dealkylation sites (tertiary alicyclic amines) is 1. The van der Waals surface area contributed by atoms with Gasteiger partial charge in [0.1, 0.15) is 4.75 Å². The van der Waals surface area contributed by atoms with Crippen LogP contribution >= 0.6 is 35.0 Å². The summed E-state index contributed by atoms with van der Waals surface area (Å²) in [5, 5.41) is 1.27. The van der Waals surface area contributed by atoms with Gasteiger partial charge in [0.2, 0.25) is 5.91 Å². The summed E-state index contributed by atoms with van der Waals surface area (Å²) in [7, 11) is 1.63. The van der Waals surface area contributed by atoms with Gasteiger partial charge in [0.25, 0.3) is 0 Å². The predicted octanol–water partition coefficient (Wildman–Crippen LogP) is 5.95. The summed E-state index contributed by atoms with van der Waals surface area (Å²) in [6.07, 6.45) is 1.21. The summed E-state index contributed by atoms with van der Waals surface area (Å²) in [6, 6.07) is 14.6. The molecular weight excluding hydrogens is 453 g/mol. The third kappa shape index (κ3) is 5.46. The molecule has 3 rings (SSSR count). The van der Waals surface area contributed by atoms with E-state index in [-0.39, 0.29) is 24.2 Å². The Morgan fingerprint density at radius 1 is 1.13 bits per heavy atom. The highest BCUT2D eigenvalue weighted by Crippen LogP contribution is 2.51. The highest BCUT2D eigenvalue weighted by Gasteiger charge is 2.56. The molecule has 1 aliphatic heterocycles. The lowest BCUT2D eigenvalue weighted by atomic mass is 9.87. The van der Waals surface area contributed by atoms with Crippen LogP contribution in [0.2, 0.25) is 10.0 Å². The van der Waals surface area contributed by atoms with Gasteiger partial charge in [-0.05, 0) is 47.6 Å². The number of ether oxygens (including phenoxy) is 1. The zero-order chi connectivity index (χ0) is 22.4. The maximum Gasteiger partial charge on any atom is 0.225 e. The maximum absolute atomic E-state index is 13.6. The molecule has 0 bridgehead atoms. The van der Waals surface area contributed by atoms with Crippen LogP contribution in [0.4, 0.5) is 0 Å². The lowest BCUT2D eigenvalue weighted by Crippen LogP contribution is -2.42. The van der Waals surface area contributed by atoms with Crippen molar-refractivity contribution in [1.82, 2.24) is 4.90 Å². The quantitative estimate of drug-likeness (QED) is 0.394. The number of rotatable bonds is 10. The van der Waals surface area contributed by atoms with Crippen LogP contribution in [0.15, 0.2) is 48.5 Å². The Hall–Kier alpha value is -1.53. The van der Waals surface area contributed by atoms with Crippen molar-refractivity contribution in [2.45, 2.75) is 43.5 Å². The molecule has 0 spiro atoms. The Labute approximate surface area is 198 Å². The number of nitrogens with zero attached hydrogens (tertiary/aromatic N) is 1. The van der Waals surface area contributed by atoms with Crippen LogP contribution < -0.4 is 0 Å². The fraction of sp³-hybridized carbons (Fsp3) is 0.417. The van der Waals surface area contributed by atoms with Crippen molar-refractivity contribution in [3.8, 4) is 0 Å². The van der Waals surface area contributed by atoms with Gasteiger partial charge in [-0.15, -0.1) is 11.8 Å². The van der Waals surface area contributed by atoms with E-state index < -0.39 is 4.75 Å². The van der Waals surface area contributed by atoms with Crippen molar-refractivity contribution >= 4 is 46.7 Å². The Bertz CT molecular complexity index is 904. The number of carbonyl (C=O) groups excluding carboxylic acids is 2. The Kier molecular flexibility index (Phi) is 8.45. The molecule has 1 aliphatic rings. The van der Waals surface area contributed by atoms with Crippen molar-refractivity contribution in [2.24, 2.45) is 0 Å². The van der Waals surface area contributed by atoms with Crippen LogP contribution in [-0.2, 0) is 20.9 Å². The van der Waals surface area contributed by atoms with E-state index in [1.165, 1.54) is 0 Å². The highest BCUT2D eigenvalue weighted by molar-refractivity contribution is 8.01. The number of thioether (sulfide) groups is 1. The van der Waals surface area contributed by atoms with Gasteiger partial charge in [-0.2, -0.15) is 0 Å². The van der Waals surface area contributed by atoms with Gasteiger partial charge in [-0.25, -0.2) is 0 Å². The summed E-state index contributed by atoms with van der Waals surface area (Å²) >= 11 is 13.7. The van der Waals surface area contributed by atoms with Gasteiger partial charge < -0.3 is 9.64 Å². The minimum absolute atomic E-state index is 0.0176. The van der Waals surface area contributed by atoms with Gasteiger partial charge in [0, 0.05) is 36.7 Å². The number of ketones is 1. The number of carbonyl (C=O) groups is 2. The smallest absolute Gasteiger partial charge is 0.225 e. The first kappa shape index (κ1) is 24.1. The molecule has 1 fully saturated rings. The number of benzene rings is 2. The molecule has 2 aromatic rings. The molecule has 0 aromatic heterocycles. The average Bonchev–Trinajstić information content (AvgIpc) is 3.03. The fourth-order valence-corrected chi connectivity index (χ4v) is 5.86. The van der Waals surface area contributed by atoms with E-state index in [0.29, 0.717) is 36.0 Å². The van der Waals surface area contributed by atoms with Gasteiger partial charge >= 0.3 is 0 Å². The largest absolute Gasteiger partial charge is 0.385 e. The molecule has 2 atom stereocenters. The fourth-order valence-electron chi connectivity index (χ4n) is 4.19. The van der Waals surface area contributed by atoms with Crippen LogP contribution in [0.1, 0.15) is 43.4 Å². The summed E-state index contributed by atoms with van der Waals surface area (Å²) in [5.74, 6) is 0.821. The number of Topliss-reactive ketones (excluding diaryl/α,β-unsaturated/α-hetero) is 1. The molecule has 0 aliphatic carbocycles.